The van der Waals surface area contributed by atoms with Crippen LogP contribution in [0.1, 0.15) is 0 Å². The molecule has 0 bridgehead atoms. The SMILES string of the molecule is NC(=N[C@@H](O)C(=O)O)NCC(=O)O. The molecule has 74 valence electrons. The van der Waals surface area contributed by atoms with Crippen LogP contribution in [-0.2, 0) is 9.59 Å². The Morgan fingerprint density at radius 3 is 2.38 bits per heavy atom. The molecule has 0 saturated carbocycles. The maximum absolute atomic E-state index is 10.0. The molecule has 0 aromatic heterocycles. The monoisotopic (exact) mass is 191 g/mol. The van der Waals surface area contributed by atoms with Gasteiger partial charge >= 0.3 is 11.9 Å². The zero-order valence-corrected chi connectivity index (χ0v) is 6.47. The number of nitrogens with one attached hydrogen (secondary N) is 1. The van der Waals surface area contributed by atoms with Gasteiger partial charge in [-0.15, -0.1) is 0 Å². The van der Waals surface area contributed by atoms with E-state index in [1.165, 1.54) is 0 Å². The second-order valence-electron chi connectivity index (χ2n) is 1.97. The molecule has 0 fully saturated rings. The minimum absolute atomic E-state index is 0.447. The first kappa shape index (κ1) is 11.2. The Kier molecular flexibility index (Phi) is 4.24. The van der Waals surface area contributed by atoms with Gasteiger partial charge in [-0.3, -0.25) is 4.79 Å². The Morgan fingerprint density at radius 2 is 2.00 bits per heavy atom. The molecule has 0 amide bonds. The van der Waals surface area contributed by atoms with Gasteiger partial charge in [0.1, 0.15) is 6.54 Å². The zero-order chi connectivity index (χ0) is 10.4. The summed E-state index contributed by atoms with van der Waals surface area (Å²) < 4.78 is 0. The highest BCUT2D eigenvalue weighted by molar-refractivity contribution is 5.84. The van der Waals surface area contributed by atoms with Crippen LogP contribution in [0.5, 0.6) is 0 Å². The minimum atomic E-state index is -1.98. The number of nitrogens with zero attached hydrogens (tertiary/aromatic N) is 1. The quantitative estimate of drug-likeness (QED) is 0.241. The number of carbonyl (C=O) groups is 2. The van der Waals surface area contributed by atoms with E-state index in [-0.39, 0.29) is 0 Å². The standard InChI is InChI=1S/C5H9N3O5/c6-5(7-1-2(9)10)8-3(11)4(12)13/h3,11H,1H2,(H,9,10)(H,12,13)(H3,6,7,8)/t3-/m0/s1. The number of carboxylic acids is 2. The van der Waals surface area contributed by atoms with Gasteiger partial charge in [-0.1, -0.05) is 0 Å². The van der Waals surface area contributed by atoms with Crippen LogP contribution in [0.2, 0.25) is 0 Å². The molecule has 0 unspecified atom stereocenters. The number of hydrogen-bond acceptors (Lipinski definition) is 4. The molecule has 0 spiro atoms. The molecule has 0 radical (unpaired) electrons. The van der Waals surface area contributed by atoms with Crippen molar-refractivity contribution >= 4 is 17.9 Å². The average molecular weight is 191 g/mol. The fourth-order valence-corrected chi connectivity index (χ4v) is 0.399. The molecule has 13 heavy (non-hydrogen) atoms. The van der Waals surface area contributed by atoms with Crippen LogP contribution in [0.4, 0.5) is 0 Å². The van der Waals surface area contributed by atoms with Gasteiger partial charge in [-0.2, -0.15) is 0 Å². The van der Waals surface area contributed by atoms with E-state index in [4.69, 9.17) is 21.1 Å². The Labute approximate surface area is 72.7 Å². The summed E-state index contributed by atoms with van der Waals surface area (Å²) in [6.07, 6.45) is -1.98. The number of guanidine groups is 1. The highest BCUT2D eigenvalue weighted by atomic mass is 16.4. The van der Waals surface area contributed by atoms with Crippen molar-refractivity contribution in [3.8, 4) is 0 Å². The summed E-state index contributed by atoms with van der Waals surface area (Å²) in [7, 11) is 0. The van der Waals surface area contributed by atoms with Crippen molar-refractivity contribution in [2.24, 2.45) is 10.7 Å². The van der Waals surface area contributed by atoms with Crippen molar-refractivity contribution in [1.82, 2.24) is 5.32 Å². The molecule has 8 heteroatoms. The van der Waals surface area contributed by atoms with Crippen LogP contribution in [0, 0.1) is 0 Å². The third kappa shape index (κ3) is 5.44. The molecule has 0 aliphatic rings. The number of aliphatic hydroxyl groups is 1. The summed E-state index contributed by atoms with van der Waals surface area (Å²) in [6, 6.07) is 0. The molecule has 0 heterocycles. The molecule has 0 aromatic carbocycles. The second-order valence-corrected chi connectivity index (χ2v) is 1.97. The van der Waals surface area contributed by atoms with E-state index in [1.807, 2.05) is 0 Å². The molecular weight excluding hydrogens is 182 g/mol. The number of hydrogen-bond donors (Lipinski definition) is 5. The molecule has 0 rings (SSSR count). The second kappa shape index (κ2) is 4.93. The third-order valence-electron chi connectivity index (χ3n) is 0.903. The van der Waals surface area contributed by atoms with Gasteiger partial charge in [0.15, 0.2) is 5.96 Å². The van der Waals surface area contributed by atoms with Crippen molar-refractivity contribution in [1.29, 1.82) is 0 Å². The van der Waals surface area contributed by atoms with Gasteiger partial charge in [-0.25, -0.2) is 9.79 Å². The minimum Gasteiger partial charge on any atom is -0.480 e. The van der Waals surface area contributed by atoms with E-state index in [9.17, 15) is 9.59 Å². The van der Waals surface area contributed by atoms with E-state index in [2.05, 4.69) is 10.3 Å². The first-order valence-electron chi connectivity index (χ1n) is 3.13. The summed E-state index contributed by atoms with van der Waals surface area (Å²) in [5, 5.41) is 27.0. The van der Waals surface area contributed by atoms with Crippen molar-refractivity contribution < 1.29 is 24.9 Å². The smallest absolute Gasteiger partial charge is 0.355 e. The molecule has 8 nitrogen and oxygen atoms in total. The lowest BCUT2D eigenvalue weighted by Crippen LogP contribution is -2.37. The van der Waals surface area contributed by atoms with E-state index in [1.54, 1.807) is 0 Å². The fourth-order valence-electron chi connectivity index (χ4n) is 0.399. The Balaban J connectivity index is 4.01. The normalized spacial score (nSPS) is 13.5. The van der Waals surface area contributed by atoms with Crippen LogP contribution in [0.25, 0.3) is 0 Å². The van der Waals surface area contributed by atoms with Crippen LogP contribution in [0.3, 0.4) is 0 Å². The number of aliphatic imine (C=N–C) groups is 1. The van der Waals surface area contributed by atoms with Gasteiger partial charge < -0.3 is 26.4 Å². The Hall–Kier alpha value is -1.83. The van der Waals surface area contributed by atoms with Gasteiger partial charge in [-0.05, 0) is 0 Å². The summed E-state index contributed by atoms with van der Waals surface area (Å²) in [6.45, 7) is -0.498. The van der Waals surface area contributed by atoms with E-state index < -0.39 is 30.7 Å². The molecule has 1 atom stereocenters. The van der Waals surface area contributed by atoms with E-state index >= 15 is 0 Å². The Morgan fingerprint density at radius 1 is 1.46 bits per heavy atom. The van der Waals surface area contributed by atoms with Crippen molar-refractivity contribution in [3.05, 3.63) is 0 Å². The van der Waals surface area contributed by atoms with E-state index in [0.717, 1.165) is 0 Å². The number of nitrogens with two attached hydrogens (primary N) is 1. The van der Waals surface area contributed by atoms with Crippen molar-refractivity contribution in [2.75, 3.05) is 6.54 Å². The van der Waals surface area contributed by atoms with Crippen LogP contribution in [0.15, 0.2) is 4.99 Å². The lowest BCUT2D eigenvalue weighted by Gasteiger charge is -2.03. The number of rotatable bonds is 4. The molecule has 0 aliphatic carbocycles. The van der Waals surface area contributed by atoms with Crippen LogP contribution in [-0.4, -0.2) is 46.0 Å². The highest BCUT2D eigenvalue weighted by Crippen LogP contribution is 1.83. The summed E-state index contributed by atoms with van der Waals surface area (Å²) in [5.74, 6) is -3.19. The summed E-state index contributed by atoms with van der Waals surface area (Å²) in [4.78, 5) is 23.0. The maximum Gasteiger partial charge on any atom is 0.355 e. The largest absolute Gasteiger partial charge is 0.480 e. The van der Waals surface area contributed by atoms with Gasteiger partial charge in [0.05, 0.1) is 0 Å². The topological polar surface area (TPSA) is 145 Å². The van der Waals surface area contributed by atoms with Gasteiger partial charge in [0.25, 0.3) is 0 Å². The summed E-state index contributed by atoms with van der Waals surface area (Å²) in [5.41, 5.74) is 5.01. The molecule has 6 N–H and O–H groups in total. The molecule has 0 aromatic rings. The lowest BCUT2D eigenvalue weighted by atomic mass is 10.6. The first-order valence-corrected chi connectivity index (χ1v) is 3.13. The zero-order valence-electron chi connectivity index (χ0n) is 6.47. The predicted molar refractivity (Wildman–Crippen MR) is 40.9 cm³/mol. The Bertz CT molecular complexity index is 238. The van der Waals surface area contributed by atoms with Crippen molar-refractivity contribution in [2.45, 2.75) is 6.23 Å². The molecule has 0 saturated heterocycles. The third-order valence-corrected chi connectivity index (χ3v) is 0.903. The highest BCUT2D eigenvalue weighted by Gasteiger charge is 2.11. The lowest BCUT2D eigenvalue weighted by molar-refractivity contribution is -0.146. The molecule has 0 aliphatic heterocycles. The number of aliphatic hydroxyl groups excluding tert-OH is 1. The summed E-state index contributed by atoms with van der Waals surface area (Å²) >= 11 is 0. The number of aliphatic carboxylic acids is 2. The number of carboxylic acid groups (broad SMARTS) is 2. The maximum atomic E-state index is 10.0. The van der Waals surface area contributed by atoms with E-state index in [0.29, 0.717) is 0 Å². The fraction of sp³-hybridized carbons (Fsp3) is 0.400. The molecular formula is C5H9N3O5. The van der Waals surface area contributed by atoms with Crippen molar-refractivity contribution in [3.63, 3.8) is 0 Å². The van der Waals surface area contributed by atoms with Gasteiger partial charge in [0, 0.05) is 0 Å². The van der Waals surface area contributed by atoms with Gasteiger partial charge in [0.2, 0.25) is 6.23 Å². The first-order chi connectivity index (χ1) is 5.93. The predicted octanol–water partition coefficient (Wildman–Crippen LogP) is -2.62. The van der Waals surface area contributed by atoms with Crippen LogP contribution >= 0.6 is 0 Å². The average Bonchev–Trinajstić information content (AvgIpc) is 2.00. The van der Waals surface area contributed by atoms with Crippen LogP contribution < -0.4 is 11.1 Å².